The van der Waals surface area contributed by atoms with Crippen molar-refractivity contribution in [3.05, 3.63) is 35.4 Å². The van der Waals surface area contributed by atoms with Gasteiger partial charge in [0.05, 0.1) is 5.84 Å². The molecule has 0 amide bonds. The van der Waals surface area contributed by atoms with E-state index in [1.165, 1.54) is 17.5 Å². The number of Topliss-reactive ketones (excluding diaryl/α,β-unsaturated/α-hetero) is 1. The SMILES string of the molecule is CC(=O)CC(C)C.CC(C)CCC(=N)N.Cc1ccc(CC(C)C)cc1. The van der Waals surface area contributed by atoms with Gasteiger partial charge in [-0.05, 0) is 50.0 Å². The molecule has 3 N–H and O–H groups in total. The van der Waals surface area contributed by atoms with E-state index in [0.29, 0.717) is 17.7 Å². The number of hydrogen-bond donors (Lipinski definition) is 2. The van der Waals surface area contributed by atoms with Gasteiger partial charge in [-0.1, -0.05) is 71.4 Å². The quantitative estimate of drug-likeness (QED) is 0.449. The average Bonchev–Trinajstić information content (AvgIpc) is 2.47. The van der Waals surface area contributed by atoms with Crippen molar-refractivity contribution in [3.8, 4) is 0 Å². The number of hydrogen-bond acceptors (Lipinski definition) is 2. The fourth-order valence-corrected chi connectivity index (χ4v) is 2.21. The highest BCUT2D eigenvalue weighted by molar-refractivity contribution is 5.76. The molecule has 3 heteroatoms. The van der Waals surface area contributed by atoms with Crippen LogP contribution in [0.25, 0.3) is 0 Å². The van der Waals surface area contributed by atoms with Gasteiger partial charge in [0.1, 0.15) is 5.78 Å². The molecule has 1 aromatic carbocycles. The zero-order chi connectivity index (χ0) is 20.7. The number of carbonyl (C=O) groups is 1. The van der Waals surface area contributed by atoms with E-state index in [0.717, 1.165) is 25.2 Å². The Morgan fingerprint density at radius 2 is 1.46 bits per heavy atom. The molecule has 26 heavy (non-hydrogen) atoms. The van der Waals surface area contributed by atoms with Crippen LogP contribution in [0.5, 0.6) is 0 Å². The Balaban J connectivity index is 0. The Hall–Kier alpha value is -1.64. The molecule has 0 spiro atoms. The van der Waals surface area contributed by atoms with Crippen LogP contribution in [0.15, 0.2) is 24.3 Å². The summed E-state index contributed by atoms with van der Waals surface area (Å²) in [6.45, 7) is 16.6. The molecule has 0 bridgehead atoms. The molecule has 0 saturated heterocycles. The minimum absolute atomic E-state index is 0.287. The van der Waals surface area contributed by atoms with Gasteiger partial charge in [0, 0.05) is 12.8 Å². The first-order valence-electron chi connectivity index (χ1n) is 9.81. The van der Waals surface area contributed by atoms with E-state index in [4.69, 9.17) is 11.1 Å². The number of benzene rings is 1. The lowest BCUT2D eigenvalue weighted by atomic mass is 10.0. The smallest absolute Gasteiger partial charge is 0.130 e. The van der Waals surface area contributed by atoms with Gasteiger partial charge in [0.2, 0.25) is 0 Å². The van der Waals surface area contributed by atoms with Crippen molar-refractivity contribution in [3.63, 3.8) is 0 Å². The molecular formula is C23H42N2O. The molecule has 0 saturated carbocycles. The molecule has 3 nitrogen and oxygen atoms in total. The first-order chi connectivity index (χ1) is 11.9. The summed E-state index contributed by atoms with van der Waals surface area (Å²) < 4.78 is 0. The normalized spacial score (nSPS) is 10.1. The van der Waals surface area contributed by atoms with Crippen LogP contribution in [0, 0.1) is 30.1 Å². The van der Waals surface area contributed by atoms with Crippen LogP contribution in [-0.2, 0) is 11.2 Å². The predicted molar refractivity (Wildman–Crippen MR) is 116 cm³/mol. The molecule has 0 aliphatic carbocycles. The van der Waals surface area contributed by atoms with Crippen LogP contribution >= 0.6 is 0 Å². The summed E-state index contributed by atoms with van der Waals surface area (Å²) in [5.41, 5.74) is 7.92. The van der Waals surface area contributed by atoms with Gasteiger partial charge in [0.15, 0.2) is 0 Å². The van der Waals surface area contributed by atoms with Crippen LogP contribution in [-0.4, -0.2) is 11.6 Å². The van der Waals surface area contributed by atoms with Crippen LogP contribution in [0.1, 0.15) is 78.9 Å². The highest BCUT2D eigenvalue weighted by Gasteiger charge is 1.96. The number of nitrogens with two attached hydrogens (primary N) is 1. The fourth-order valence-electron chi connectivity index (χ4n) is 2.21. The molecule has 0 aliphatic rings. The molecule has 0 radical (unpaired) electrons. The molecule has 0 unspecified atom stereocenters. The van der Waals surface area contributed by atoms with E-state index in [1.807, 2.05) is 13.8 Å². The second-order valence-corrected chi connectivity index (χ2v) is 8.34. The van der Waals surface area contributed by atoms with Crippen molar-refractivity contribution in [2.45, 2.75) is 81.1 Å². The van der Waals surface area contributed by atoms with Crippen molar-refractivity contribution < 1.29 is 4.79 Å². The lowest BCUT2D eigenvalue weighted by molar-refractivity contribution is -0.117. The molecule has 1 rings (SSSR count). The zero-order valence-electron chi connectivity index (χ0n) is 18.4. The highest BCUT2D eigenvalue weighted by atomic mass is 16.1. The molecule has 0 fully saturated rings. The van der Waals surface area contributed by atoms with Crippen molar-refractivity contribution in [1.29, 1.82) is 5.41 Å². The summed E-state index contributed by atoms with van der Waals surface area (Å²) in [6, 6.07) is 8.79. The second kappa shape index (κ2) is 15.6. The third kappa shape index (κ3) is 22.4. The topological polar surface area (TPSA) is 66.9 Å². The molecular weight excluding hydrogens is 320 g/mol. The van der Waals surface area contributed by atoms with E-state index >= 15 is 0 Å². The molecule has 1 aromatic rings. The molecule has 0 atom stereocenters. The molecule has 150 valence electrons. The Labute approximate surface area is 162 Å². The van der Waals surface area contributed by atoms with Crippen LogP contribution in [0.4, 0.5) is 0 Å². The maximum absolute atomic E-state index is 10.3. The number of amidine groups is 1. The van der Waals surface area contributed by atoms with Gasteiger partial charge in [-0.2, -0.15) is 0 Å². The van der Waals surface area contributed by atoms with Crippen LogP contribution < -0.4 is 5.73 Å². The lowest BCUT2D eigenvalue weighted by Crippen LogP contribution is -2.09. The number of ketones is 1. The summed E-state index contributed by atoms with van der Waals surface area (Å²) in [7, 11) is 0. The van der Waals surface area contributed by atoms with Crippen molar-refractivity contribution in [1.82, 2.24) is 0 Å². The monoisotopic (exact) mass is 362 g/mol. The highest BCUT2D eigenvalue weighted by Crippen LogP contribution is 2.08. The summed E-state index contributed by atoms with van der Waals surface area (Å²) in [5.74, 6) is 2.54. The summed E-state index contributed by atoms with van der Waals surface area (Å²) >= 11 is 0. The van der Waals surface area contributed by atoms with Gasteiger partial charge in [0.25, 0.3) is 0 Å². The van der Waals surface area contributed by atoms with E-state index in [1.54, 1.807) is 6.92 Å². The van der Waals surface area contributed by atoms with E-state index in [-0.39, 0.29) is 5.78 Å². The van der Waals surface area contributed by atoms with Gasteiger partial charge in [-0.15, -0.1) is 0 Å². The Morgan fingerprint density at radius 1 is 0.962 bits per heavy atom. The Kier molecular flexibility index (Phi) is 16.0. The summed E-state index contributed by atoms with van der Waals surface area (Å²) in [5, 5.41) is 6.87. The average molecular weight is 363 g/mol. The van der Waals surface area contributed by atoms with E-state index in [2.05, 4.69) is 58.9 Å². The third-order valence-corrected chi connectivity index (χ3v) is 3.45. The number of nitrogens with one attached hydrogen (secondary N) is 1. The molecule has 0 heterocycles. The second-order valence-electron chi connectivity index (χ2n) is 8.34. The van der Waals surface area contributed by atoms with Crippen LogP contribution in [0.2, 0.25) is 0 Å². The summed E-state index contributed by atoms with van der Waals surface area (Å²) in [6.07, 6.45) is 3.70. The van der Waals surface area contributed by atoms with Crippen molar-refractivity contribution >= 4 is 11.6 Å². The molecule has 0 aliphatic heterocycles. The van der Waals surface area contributed by atoms with Gasteiger partial charge >= 0.3 is 0 Å². The lowest BCUT2D eigenvalue weighted by Gasteiger charge is -2.04. The maximum Gasteiger partial charge on any atom is 0.130 e. The van der Waals surface area contributed by atoms with Gasteiger partial charge < -0.3 is 10.5 Å². The largest absolute Gasteiger partial charge is 0.388 e. The first kappa shape index (κ1) is 26.6. The van der Waals surface area contributed by atoms with Gasteiger partial charge in [-0.25, -0.2) is 0 Å². The minimum Gasteiger partial charge on any atom is -0.388 e. The third-order valence-electron chi connectivity index (χ3n) is 3.45. The Morgan fingerprint density at radius 3 is 1.69 bits per heavy atom. The minimum atomic E-state index is 0.287. The maximum atomic E-state index is 10.3. The predicted octanol–water partition coefficient (Wildman–Crippen LogP) is 6.17. The summed E-state index contributed by atoms with van der Waals surface area (Å²) in [4.78, 5) is 10.3. The number of rotatable bonds is 7. The van der Waals surface area contributed by atoms with Crippen LogP contribution in [0.3, 0.4) is 0 Å². The van der Waals surface area contributed by atoms with Crippen molar-refractivity contribution in [2.75, 3.05) is 0 Å². The van der Waals surface area contributed by atoms with E-state index in [9.17, 15) is 4.79 Å². The number of aryl methyl sites for hydroxylation is 1. The zero-order valence-corrected chi connectivity index (χ0v) is 18.4. The van der Waals surface area contributed by atoms with Crippen molar-refractivity contribution in [2.24, 2.45) is 23.5 Å². The fraction of sp³-hybridized carbons (Fsp3) is 0.652. The van der Waals surface area contributed by atoms with E-state index < -0.39 is 0 Å². The standard InChI is InChI=1S/C11H16.C6H14N2.C6H12O/c1-9(2)8-11-6-4-10(3)5-7-11;1-5(2)3-4-6(7)8;1-5(2)4-6(3)7/h4-7,9H,8H2,1-3H3;5H,3-4H2,1-2H3,(H3,7,8);5H,4H2,1-3H3. The first-order valence-corrected chi connectivity index (χ1v) is 9.81. The Bertz CT molecular complexity index is 487. The molecule has 0 aromatic heterocycles. The van der Waals surface area contributed by atoms with Gasteiger partial charge in [-0.3, -0.25) is 5.41 Å². The number of carbonyl (C=O) groups excluding carboxylic acids is 1.